The van der Waals surface area contributed by atoms with Gasteiger partial charge in [0.15, 0.2) is 6.10 Å². The Hall–Kier alpha value is -2.43. The van der Waals surface area contributed by atoms with Crippen LogP contribution in [0.4, 0.5) is 4.79 Å². The molecule has 0 aromatic heterocycles. The van der Waals surface area contributed by atoms with Crippen LogP contribution in [0, 0.1) is 0 Å². The zero-order chi connectivity index (χ0) is 27.0. The number of ether oxygens (including phenoxy) is 1. The fraction of sp³-hybridized carbons (Fsp3) is 0.684. The van der Waals surface area contributed by atoms with Crippen LogP contribution in [0.5, 0.6) is 0 Å². The van der Waals surface area contributed by atoms with Crippen molar-refractivity contribution < 1.29 is 63.2 Å². The third kappa shape index (κ3) is 8.60. The highest BCUT2D eigenvalue weighted by molar-refractivity contribution is 7.46. The molecule has 16 nitrogen and oxygen atoms in total. The van der Waals surface area contributed by atoms with Gasteiger partial charge in [0.25, 0.3) is 11.8 Å². The van der Waals surface area contributed by atoms with E-state index in [1.807, 2.05) is 0 Å². The van der Waals surface area contributed by atoms with Gasteiger partial charge in [-0.05, 0) is 19.3 Å². The molecule has 0 saturated heterocycles. The van der Waals surface area contributed by atoms with E-state index in [0.29, 0.717) is 25.8 Å². The highest BCUT2D eigenvalue weighted by Gasteiger charge is 2.53. The number of phosphoric ester groups is 1. The quantitative estimate of drug-likeness (QED) is 0.0685. The molecule has 0 aromatic rings. The van der Waals surface area contributed by atoms with Crippen molar-refractivity contribution in [1.29, 1.82) is 0 Å². The van der Waals surface area contributed by atoms with Crippen molar-refractivity contribution >= 4 is 31.6 Å². The predicted octanol–water partition coefficient (Wildman–Crippen LogP) is -3.38. The number of carbonyl (C=O) groups is 4. The molecule has 0 bridgehead atoms. The van der Waals surface area contributed by atoms with E-state index in [1.54, 1.807) is 0 Å². The first-order valence-corrected chi connectivity index (χ1v) is 12.6. The molecule has 0 unspecified atom stereocenters. The van der Waals surface area contributed by atoms with Crippen molar-refractivity contribution in [2.45, 2.75) is 62.3 Å². The second-order valence-corrected chi connectivity index (χ2v) is 9.33. The second kappa shape index (κ2) is 13.2. The summed E-state index contributed by atoms with van der Waals surface area (Å²) >= 11 is 0. The van der Waals surface area contributed by atoms with Crippen molar-refractivity contribution in [2.75, 3.05) is 19.6 Å². The van der Waals surface area contributed by atoms with Crippen LogP contribution in [-0.2, 0) is 28.2 Å². The highest BCUT2D eigenvalue weighted by Crippen LogP contribution is 2.41. The number of imide groups is 1. The van der Waals surface area contributed by atoms with E-state index in [-0.39, 0.29) is 25.4 Å². The van der Waals surface area contributed by atoms with Crippen LogP contribution >= 0.6 is 7.82 Å². The predicted molar refractivity (Wildman–Crippen MR) is 117 cm³/mol. The summed E-state index contributed by atoms with van der Waals surface area (Å²) in [5, 5.41) is 44.8. The van der Waals surface area contributed by atoms with Gasteiger partial charge in [-0.25, -0.2) is 9.36 Å². The van der Waals surface area contributed by atoms with Gasteiger partial charge < -0.3 is 45.6 Å². The van der Waals surface area contributed by atoms with Gasteiger partial charge in [0.2, 0.25) is 5.91 Å². The molecule has 1 fully saturated rings. The summed E-state index contributed by atoms with van der Waals surface area (Å²) in [4.78, 5) is 65.4. The number of aliphatic hydroxyl groups is 4. The molecule has 204 valence electrons. The van der Waals surface area contributed by atoms with E-state index in [0.717, 1.165) is 17.1 Å². The average molecular weight is 539 g/mol. The van der Waals surface area contributed by atoms with Gasteiger partial charge >= 0.3 is 13.9 Å². The lowest BCUT2D eigenvalue weighted by Gasteiger charge is -2.42. The van der Waals surface area contributed by atoms with E-state index < -0.39 is 62.4 Å². The lowest BCUT2D eigenvalue weighted by atomic mass is 9.85. The van der Waals surface area contributed by atoms with Gasteiger partial charge in [0.1, 0.15) is 30.5 Å². The van der Waals surface area contributed by atoms with Gasteiger partial charge in [0.05, 0.1) is 0 Å². The van der Waals surface area contributed by atoms with Crippen LogP contribution in [0.15, 0.2) is 12.2 Å². The molecule has 2 rings (SSSR count). The maximum Gasteiger partial charge on any atom is 0.470 e. The van der Waals surface area contributed by atoms with Crippen molar-refractivity contribution in [2.24, 2.45) is 0 Å². The molecule has 1 saturated carbocycles. The Balaban J connectivity index is 1.63. The maximum absolute atomic E-state index is 12.0. The number of amides is 4. The van der Waals surface area contributed by atoms with Crippen molar-refractivity contribution in [3.63, 3.8) is 0 Å². The molecule has 2 aliphatic rings. The molecule has 0 aromatic carbocycles. The Labute approximate surface area is 205 Å². The third-order valence-electron chi connectivity index (χ3n) is 5.46. The molecule has 0 radical (unpaired) electrons. The highest BCUT2D eigenvalue weighted by atomic mass is 31.2. The molecular weight excluding hydrogens is 509 g/mol. The third-order valence-corrected chi connectivity index (χ3v) is 5.97. The van der Waals surface area contributed by atoms with E-state index >= 15 is 0 Å². The molecule has 1 aliphatic carbocycles. The number of carbonyl (C=O) groups excluding carboxylic acids is 4. The van der Waals surface area contributed by atoms with Gasteiger partial charge in [-0.3, -0.25) is 23.8 Å². The number of hydrogen-bond donors (Lipinski definition) is 8. The average Bonchev–Trinajstić information content (AvgIpc) is 3.12. The van der Waals surface area contributed by atoms with E-state index in [9.17, 15) is 44.2 Å². The number of nitrogens with zero attached hydrogens (tertiary/aromatic N) is 1. The number of nitrogens with one attached hydrogen (secondary N) is 2. The summed E-state index contributed by atoms with van der Waals surface area (Å²) in [6.07, 6.45) is -9.28. The fourth-order valence-electron chi connectivity index (χ4n) is 3.57. The Morgan fingerprint density at radius 1 is 0.861 bits per heavy atom. The summed E-state index contributed by atoms with van der Waals surface area (Å²) in [6.45, 7) is 0.408. The van der Waals surface area contributed by atoms with E-state index in [4.69, 9.17) is 14.5 Å². The number of unbranched alkanes of at least 4 members (excludes halogenated alkanes) is 2. The van der Waals surface area contributed by atoms with Crippen LogP contribution in [0.2, 0.25) is 0 Å². The lowest BCUT2D eigenvalue weighted by Crippen LogP contribution is -2.65. The number of hydrogen-bond acceptors (Lipinski definition) is 11. The maximum atomic E-state index is 12.0. The minimum atomic E-state index is -5.19. The lowest BCUT2D eigenvalue weighted by molar-refractivity contribution is -0.219. The Morgan fingerprint density at radius 3 is 2.00 bits per heavy atom. The number of phosphoric acid groups is 1. The largest absolute Gasteiger partial charge is 0.470 e. The topological polar surface area (TPSA) is 252 Å². The minimum absolute atomic E-state index is 0.0188. The van der Waals surface area contributed by atoms with Gasteiger partial charge in [0, 0.05) is 38.2 Å². The Kier molecular flexibility index (Phi) is 10.9. The van der Waals surface area contributed by atoms with Crippen molar-refractivity contribution in [1.82, 2.24) is 15.5 Å². The smallest absolute Gasteiger partial charge is 0.440 e. The zero-order valence-corrected chi connectivity index (χ0v) is 19.9. The number of alkyl carbamates (subject to hydrolysis) is 1. The first-order chi connectivity index (χ1) is 16.8. The van der Waals surface area contributed by atoms with E-state index in [2.05, 4.69) is 15.2 Å². The molecule has 4 amide bonds. The summed E-state index contributed by atoms with van der Waals surface area (Å²) in [5.74, 6) is -1.26. The van der Waals surface area contributed by atoms with Crippen LogP contribution in [0.1, 0.15) is 25.7 Å². The zero-order valence-electron chi connectivity index (χ0n) is 19.0. The summed E-state index contributed by atoms with van der Waals surface area (Å²) in [7, 11) is -5.19. The number of aliphatic hydroxyl groups excluding tert-OH is 4. The summed E-state index contributed by atoms with van der Waals surface area (Å²) in [6, 6.07) is 0. The summed E-state index contributed by atoms with van der Waals surface area (Å²) < 4.78 is 20.2. The first-order valence-electron chi connectivity index (χ1n) is 11.0. The van der Waals surface area contributed by atoms with Crippen LogP contribution in [-0.4, -0.2) is 115 Å². The molecule has 8 N–H and O–H groups in total. The second-order valence-electron chi connectivity index (χ2n) is 8.14. The Morgan fingerprint density at radius 2 is 1.42 bits per heavy atom. The molecular formula is C19H30N3O13P. The van der Waals surface area contributed by atoms with Crippen LogP contribution in [0.3, 0.4) is 0 Å². The molecule has 36 heavy (non-hydrogen) atoms. The number of rotatable bonds is 12. The molecule has 17 heteroatoms. The minimum Gasteiger partial charge on any atom is -0.440 e. The van der Waals surface area contributed by atoms with E-state index in [1.165, 1.54) is 0 Å². The van der Waals surface area contributed by atoms with Gasteiger partial charge in [-0.2, -0.15) is 0 Å². The van der Waals surface area contributed by atoms with Gasteiger partial charge in [-0.1, -0.05) is 0 Å². The molecule has 1 aliphatic heterocycles. The monoisotopic (exact) mass is 539 g/mol. The first kappa shape index (κ1) is 29.8. The summed E-state index contributed by atoms with van der Waals surface area (Å²) in [5.41, 5.74) is 0. The van der Waals surface area contributed by atoms with Crippen LogP contribution in [0.25, 0.3) is 0 Å². The Bertz CT molecular complexity index is 876. The molecule has 0 spiro atoms. The molecule has 6 atom stereocenters. The normalized spacial score (nSPS) is 28.3. The fourth-order valence-corrected chi connectivity index (χ4v) is 4.13. The van der Waals surface area contributed by atoms with Crippen molar-refractivity contribution in [3.8, 4) is 0 Å². The SMILES string of the molecule is O=C(CCN1C(=O)C=CC1=O)NCCCCCNC(=O)O[C@H]1[C@@H](O)[C@@H](OP(=O)(O)O)[C@H](O)[C@@H](O)[C@@H]1O. The standard InChI is InChI=1S/C19H30N3O13P/c23-10(6-9-22-11(24)4-5-12(22)25)20-7-2-1-3-8-21-19(30)34-17-14(27)13(26)15(28)18(16(17)29)35-36(31,32)33/h4-5,13-18,26-29H,1-3,6-9H2,(H,20,23)(H,21,30)(H2,31,32,33)/t13-,14-,15+,16+,17+,18-/m0/s1. The van der Waals surface area contributed by atoms with Crippen molar-refractivity contribution in [3.05, 3.63) is 12.2 Å². The van der Waals surface area contributed by atoms with Crippen LogP contribution < -0.4 is 10.6 Å². The molecule has 1 heterocycles. The van der Waals surface area contributed by atoms with Gasteiger partial charge in [-0.15, -0.1) is 0 Å².